The van der Waals surface area contributed by atoms with Gasteiger partial charge in [0, 0.05) is 11.8 Å². The van der Waals surface area contributed by atoms with Crippen molar-refractivity contribution in [3.05, 3.63) is 71.4 Å². The van der Waals surface area contributed by atoms with Gasteiger partial charge in [-0.05, 0) is 55.5 Å². The minimum atomic E-state index is -0.907. The second-order valence-corrected chi connectivity index (χ2v) is 6.68. The molecule has 1 N–H and O–H groups in total. The van der Waals surface area contributed by atoms with E-state index in [2.05, 4.69) is 12.1 Å². The van der Waals surface area contributed by atoms with Crippen molar-refractivity contribution in [2.45, 2.75) is 38.2 Å². The van der Waals surface area contributed by atoms with Crippen LogP contribution in [0.25, 0.3) is 10.9 Å². The normalized spacial score (nSPS) is 14.9. The van der Waals surface area contributed by atoms with E-state index in [9.17, 15) is 9.90 Å². The minimum absolute atomic E-state index is 0.240. The van der Waals surface area contributed by atoms with Crippen molar-refractivity contribution >= 4 is 16.9 Å². The first-order valence-electron chi connectivity index (χ1n) is 8.79. The molecule has 1 aliphatic rings. The molecule has 0 aliphatic heterocycles. The average molecular weight is 335 g/mol. The van der Waals surface area contributed by atoms with Gasteiger partial charge in [-0.25, -0.2) is 4.79 Å². The van der Waals surface area contributed by atoms with E-state index >= 15 is 0 Å². The topological polar surface area (TPSA) is 51.5 Å². The number of fused-ring (bicyclic) bond motifs is 1. The van der Waals surface area contributed by atoms with Crippen LogP contribution in [-0.2, 0) is 6.42 Å². The van der Waals surface area contributed by atoms with E-state index in [1.54, 1.807) is 12.1 Å². The van der Waals surface area contributed by atoms with Gasteiger partial charge in [0.25, 0.3) is 0 Å². The van der Waals surface area contributed by atoms with Crippen molar-refractivity contribution in [2.24, 2.45) is 0 Å². The molecule has 1 saturated carbocycles. The molecule has 25 heavy (non-hydrogen) atoms. The molecule has 0 atom stereocenters. The van der Waals surface area contributed by atoms with Crippen molar-refractivity contribution < 1.29 is 14.7 Å². The second kappa shape index (κ2) is 6.63. The SMILES string of the molecule is O=C(O)c1ccc2c(c1)cc(Cc1ccccc1)n2OC1CCCC1. The molecule has 1 aromatic heterocycles. The first-order chi connectivity index (χ1) is 12.2. The molecule has 0 spiro atoms. The third kappa shape index (κ3) is 3.25. The molecule has 4 rings (SSSR count). The predicted octanol–water partition coefficient (Wildman–Crippen LogP) is 4.30. The molecular weight excluding hydrogens is 314 g/mol. The molecule has 1 fully saturated rings. The molecule has 3 aromatic rings. The lowest BCUT2D eigenvalue weighted by Gasteiger charge is -2.17. The lowest BCUT2D eigenvalue weighted by molar-refractivity contribution is 0.0454. The van der Waals surface area contributed by atoms with Crippen LogP contribution in [0.3, 0.4) is 0 Å². The summed E-state index contributed by atoms with van der Waals surface area (Å²) < 4.78 is 1.92. The highest BCUT2D eigenvalue weighted by molar-refractivity contribution is 5.94. The summed E-state index contributed by atoms with van der Waals surface area (Å²) in [6.45, 7) is 0. The van der Waals surface area contributed by atoms with Crippen LogP contribution in [0.5, 0.6) is 0 Å². The maximum Gasteiger partial charge on any atom is 0.335 e. The molecule has 128 valence electrons. The molecule has 0 bridgehead atoms. The number of benzene rings is 2. The summed E-state index contributed by atoms with van der Waals surface area (Å²) in [5.41, 5.74) is 3.50. The van der Waals surface area contributed by atoms with E-state index in [0.29, 0.717) is 5.56 Å². The average Bonchev–Trinajstić information content (AvgIpc) is 3.24. The number of hydrogen-bond acceptors (Lipinski definition) is 2. The largest absolute Gasteiger partial charge is 0.478 e. The Labute approximate surface area is 146 Å². The maximum absolute atomic E-state index is 11.3. The van der Waals surface area contributed by atoms with Crippen LogP contribution >= 0.6 is 0 Å². The van der Waals surface area contributed by atoms with Gasteiger partial charge in [-0.2, -0.15) is 4.73 Å². The molecule has 0 unspecified atom stereocenters. The standard InChI is InChI=1S/C21H21NO3/c23-21(24)16-10-11-20-17(13-16)14-18(12-15-6-2-1-3-7-15)22(20)25-19-8-4-5-9-19/h1-3,6-7,10-11,13-14,19H,4-5,8-9,12H2,(H,23,24). The highest BCUT2D eigenvalue weighted by atomic mass is 16.7. The van der Waals surface area contributed by atoms with Gasteiger partial charge in [0.1, 0.15) is 6.10 Å². The Balaban J connectivity index is 1.76. The van der Waals surface area contributed by atoms with E-state index in [1.807, 2.05) is 35.1 Å². The Morgan fingerprint density at radius 2 is 1.84 bits per heavy atom. The van der Waals surface area contributed by atoms with Gasteiger partial charge >= 0.3 is 5.97 Å². The first-order valence-corrected chi connectivity index (χ1v) is 8.79. The van der Waals surface area contributed by atoms with Gasteiger partial charge < -0.3 is 9.94 Å². The van der Waals surface area contributed by atoms with E-state index < -0.39 is 5.97 Å². The van der Waals surface area contributed by atoms with E-state index in [4.69, 9.17) is 4.84 Å². The maximum atomic E-state index is 11.3. The molecule has 4 nitrogen and oxygen atoms in total. The summed E-state index contributed by atoms with van der Waals surface area (Å²) in [5, 5.41) is 10.2. The molecule has 1 heterocycles. The monoisotopic (exact) mass is 335 g/mol. The van der Waals surface area contributed by atoms with Crippen LogP contribution < -0.4 is 4.84 Å². The summed E-state index contributed by atoms with van der Waals surface area (Å²) in [4.78, 5) is 17.6. The summed E-state index contributed by atoms with van der Waals surface area (Å²) in [6.07, 6.45) is 5.58. The summed E-state index contributed by atoms with van der Waals surface area (Å²) in [6, 6.07) is 17.5. The lowest BCUT2D eigenvalue weighted by atomic mass is 10.1. The van der Waals surface area contributed by atoms with Crippen molar-refractivity contribution in [2.75, 3.05) is 0 Å². The first kappa shape index (κ1) is 15.8. The number of aromatic nitrogens is 1. The summed E-state index contributed by atoms with van der Waals surface area (Å²) >= 11 is 0. The Morgan fingerprint density at radius 1 is 1.08 bits per heavy atom. The summed E-state index contributed by atoms with van der Waals surface area (Å²) in [5.74, 6) is -0.907. The number of carboxylic acid groups (broad SMARTS) is 1. The number of hydrogen-bond donors (Lipinski definition) is 1. The van der Waals surface area contributed by atoms with Crippen LogP contribution in [0.2, 0.25) is 0 Å². The molecule has 1 aliphatic carbocycles. The highest BCUT2D eigenvalue weighted by Crippen LogP contribution is 2.26. The van der Waals surface area contributed by atoms with Gasteiger partial charge in [0.2, 0.25) is 0 Å². The number of aromatic carboxylic acids is 1. The number of rotatable bonds is 5. The summed E-state index contributed by atoms with van der Waals surface area (Å²) in [7, 11) is 0. The molecule has 4 heteroatoms. The van der Waals surface area contributed by atoms with Gasteiger partial charge in [0.15, 0.2) is 0 Å². The van der Waals surface area contributed by atoms with Crippen LogP contribution in [0.4, 0.5) is 0 Å². The van der Waals surface area contributed by atoms with Crippen LogP contribution in [0, 0.1) is 0 Å². The fourth-order valence-electron chi connectivity index (χ4n) is 3.58. The highest BCUT2D eigenvalue weighted by Gasteiger charge is 2.20. The van der Waals surface area contributed by atoms with Gasteiger partial charge in [-0.15, -0.1) is 0 Å². The van der Waals surface area contributed by atoms with Crippen LogP contribution in [0.15, 0.2) is 54.6 Å². The molecular formula is C21H21NO3. The molecule has 0 radical (unpaired) electrons. The lowest BCUT2D eigenvalue weighted by Crippen LogP contribution is -2.23. The third-order valence-electron chi connectivity index (χ3n) is 4.86. The molecule has 2 aromatic carbocycles. The number of carbonyl (C=O) groups is 1. The van der Waals surface area contributed by atoms with Crippen molar-refractivity contribution in [3.8, 4) is 0 Å². The quantitative estimate of drug-likeness (QED) is 0.756. The zero-order valence-corrected chi connectivity index (χ0v) is 14.0. The van der Waals surface area contributed by atoms with E-state index in [-0.39, 0.29) is 6.10 Å². The Bertz CT molecular complexity index is 892. The van der Waals surface area contributed by atoms with Gasteiger partial charge in [-0.3, -0.25) is 0 Å². The van der Waals surface area contributed by atoms with E-state index in [1.165, 1.54) is 18.4 Å². The number of carboxylic acids is 1. The van der Waals surface area contributed by atoms with E-state index in [0.717, 1.165) is 35.9 Å². The predicted molar refractivity (Wildman–Crippen MR) is 97.0 cm³/mol. The Morgan fingerprint density at radius 3 is 2.56 bits per heavy atom. The third-order valence-corrected chi connectivity index (χ3v) is 4.86. The van der Waals surface area contributed by atoms with Crippen molar-refractivity contribution in [1.82, 2.24) is 4.73 Å². The number of nitrogens with zero attached hydrogens (tertiary/aromatic N) is 1. The van der Waals surface area contributed by atoms with Crippen LogP contribution in [-0.4, -0.2) is 21.9 Å². The van der Waals surface area contributed by atoms with Crippen LogP contribution in [0.1, 0.15) is 47.3 Å². The van der Waals surface area contributed by atoms with Crippen molar-refractivity contribution in [1.29, 1.82) is 0 Å². The van der Waals surface area contributed by atoms with Gasteiger partial charge in [-0.1, -0.05) is 30.3 Å². The fourth-order valence-corrected chi connectivity index (χ4v) is 3.58. The molecule has 0 amide bonds. The van der Waals surface area contributed by atoms with Crippen molar-refractivity contribution in [3.63, 3.8) is 0 Å². The smallest absolute Gasteiger partial charge is 0.335 e. The Hall–Kier alpha value is -2.75. The second-order valence-electron chi connectivity index (χ2n) is 6.68. The minimum Gasteiger partial charge on any atom is -0.478 e. The molecule has 0 saturated heterocycles. The zero-order chi connectivity index (χ0) is 17.2. The zero-order valence-electron chi connectivity index (χ0n) is 14.0. The fraction of sp³-hybridized carbons (Fsp3) is 0.286. The van der Waals surface area contributed by atoms with Gasteiger partial charge in [0.05, 0.1) is 16.8 Å². The Kier molecular flexibility index (Phi) is 4.18.